The summed E-state index contributed by atoms with van der Waals surface area (Å²) in [5.41, 5.74) is 1.10. The van der Waals surface area contributed by atoms with Gasteiger partial charge in [-0.2, -0.15) is 0 Å². The van der Waals surface area contributed by atoms with Gasteiger partial charge in [-0.3, -0.25) is 14.9 Å². The van der Waals surface area contributed by atoms with E-state index >= 15 is 0 Å². The average Bonchev–Trinajstić information content (AvgIpc) is 2.93. The molecule has 0 bridgehead atoms. The molecule has 1 N–H and O–H groups in total. The molecule has 1 aliphatic rings. The van der Waals surface area contributed by atoms with Gasteiger partial charge in [-0.15, -0.1) is 0 Å². The summed E-state index contributed by atoms with van der Waals surface area (Å²) in [4.78, 5) is 35.5. The van der Waals surface area contributed by atoms with E-state index in [0.717, 1.165) is 15.3 Å². The van der Waals surface area contributed by atoms with Crippen LogP contribution in [0.15, 0.2) is 47.4 Å². The molecule has 2 aromatic carbocycles. The smallest absolute Gasteiger partial charge is 0.344 e. The number of rotatable bonds is 4. The lowest BCUT2D eigenvalue weighted by atomic mass is 10.2. The number of amides is 2. The standard InChI is InChI=1S/C18H12INO5S/c1-24-14-8-10(9-15-16(21)20-18(23)26-15)6-7-13(14)25-17(22)11-4-2-3-5-12(11)19/h2-9H,1H3,(H,20,21,23)/b15-9-. The fraction of sp³-hybridized carbons (Fsp3) is 0.0556. The molecule has 0 atom stereocenters. The minimum atomic E-state index is -0.490. The molecule has 2 amide bonds. The van der Waals surface area contributed by atoms with Crippen molar-refractivity contribution in [2.45, 2.75) is 0 Å². The third-order valence-corrected chi connectivity index (χ3v) is 5.18. The Hall–Kier alpha value is -2.33. The van der Waals surface area contributed by atoms with Crippen molar-refractivity contribution >= 4 is 57.5 Å². The summed E-state index contributed by atoms with van der Waals surface area (Å²) in [5.74, 6) is -0.323. The minimum absolute atomic E-state index is 0.263. The second-order valence-electron chi connectivity index (χ2n) is 5.13. The number of hydrogen-bond acceptors (Lipinski definition) is 6. The van der Waals surface area contributed by atoms with E-state index in [2.05, 4.69) is 27.9 Å². The Labute approximate surface area is 167 Å². The molecule has 0 spiro atoms. The summed E-state index contributed by atoms with van der Waals surface area (Å²) >= 11 is 2.90. The van der Waals surface area contributed by atoms with Crippen LogP contribution in [0.25, 0.3) is 6.08 Å². The Kier molecular flexibility index (Phi) is 5.62. The highest BCUT2D eigenvalue weighted by Gasteiger charge is 2.25. The number of methoxy groups -OCH3 is 1. The van der Waals surface area contributed by atoms with Crippen molar-refractivity contribution < 1.29 is 23.9 Å². The van der Waals surface area contributed by atoms with E-state index in [-0.39, 0.29) is 5.75 Å². The molecule has 132 valence electrons. The zero-order chi connectivity index (χ0) is 18.7. The summed E-state index contributed by atoms with van der Waals surface area (Å²) in [7, 11) is 1.45. The van der Waals surface area contributed by atoms with Crippen LogP contribution in [0.4, 0.5) is 4.79 Å². The minimum Gasteiger partial charge on any atom is -0.493 e. The van der Waals surface area contributed by atoms with Crippen molar-refractivity contribution in [2.75, 3.05) is 7.11 Å². The Morgan fingerprint density at radius 1 is 1.15 bits per heavy atom. The number of nitrogens with one attached hydrogen (secondary N) is 1. The van der Waals surface area contributed by atoms with E-state index in [1.54, 1.807) is 36.4 Å². The maximum absolute atomic E-state index is 12.4. The molecule has 1 heterocycles. The van der Waals surface area contributed by atoms with E-state index in [4.69, 9.17) is 9.47 Å². The van der Waals surface area contributed by atoms with Gasteiger partial charge in [0.25, 0.3) is 11.1 Å². The van der Waals surface area contributed by atoms with Crippen molar-refractivity contribution in [1.82, 2.24) is 5.32 Å². The van der Waals surface area contributed by atoms with E-state index in [1.165, 1.54) is 7.11 Å². The third kappa shape index (κ3) is 4.07. The van der Waals surface area contributed by atoms with Gasteiger partial charge in [0, 0.05) is 3.57 Å². The summed E-state index contributed by atoms with van der Waals surface area (Å²) in [6.07, 6.45) is 1.57. The van der Waals surface area contributed by atoms with Gasteiger partial charge < -0.3 is 9.47 Å². The summed E-state index contributed by atoms with van der Waals surface area (Å²) in [5, 5.41) is 1.79. The summed E-state index contributed by atoms with van der Waals surface area (Å²) < 4.78 is 11.5. The van der Waals surface area contributed by atoms with Gasteiger partial charge >= 0.3 is 5.97 Å². The Morgan fingerprint density at radius 2 is 1.92 bits per heavy atom. The van der Waals surface area contributed by atoms with Crippen LogP contribution in [0.2, 0.25) is 0 Å². The van der Waals surface area contributed by atoms with Crippen LogP contribution >= 0.6 is 34.4 Å². The molecule has 0 aliphatic carbocycles. The third-order valence-electron chi connectivity index (χ3n) is 3.42. The number of thioether (sulfide) groups is 1. The molecule has 0 aromatic heterocycles. The first kappa shape index (κ1) is 18.5. The van der Waals surface area contributed by atoms with Crippen LogP contribution in [-0.2, 0) is 4.79 Å². The molecule has 0 unspecified atom stereocenters. The lowest BCUT2D eigenvalue weighted by Gasteiger charge is -2.11. The van der Waals surface area contributed by atoms with Crippen LogP contribution in [-0.4, -0.2) is 24.2 Å². The maximum Gasteiger partial charge on any atom is 0.344 e. The van der Waals surface area contributed by atoms with Gasteiger partial charge in [0.15, 0.2) is 11.5 Å². The van der Waals surface area contributed by atoms with Gasteiger partial charge in [-0.25, -0.2) is 4.79 Å². The molecule has 0 saturated carbocycles. The van der Waals surface area contributed by atoms with Crippen LogP contribution in [0.3, 0.4) is 0 Å². The lowest BCUT2D eigenvalue weighted by molar-refractivity contribution is -0.115. The summed E-state index contributed by atoms with van der Waals surface area (Å²) in [6, 6.07) is 12.0. The first-order chi connectivity index (χ1) is 12.5. The average molecular weight is 481 g/mol. The van der Waals surface area contributed by atoms with E-state index in [0.29, 0.717) is 21.8 Å². The largest absolute Gasteiger partial charge is 0.493 e. The molecule has 1 fully saturated rings. The molecule has 0 radical (unpaired) electrons. The Bertz CT molecular complexity index is 941. The second-order valence-corrected chi connectivity index (χ2v) is 7.31. The fourth-order valence-corrected chi connectivity index (χ4v) is 3.50. The molecule has 1 aliphatic heterocycles. The number of carbonyl (C=O) groups is 3. The van der Waals surface area contributed by atoms with Gasteiger partial charge in [0.2, 0.25) is 0 Å². The number of imide groups is 1. The van der Waals surface area contributed by atoms with Gasteiger partial charge in [0.1, 0.15) is 0 Å². The van der Waals surface area contributed by atoms with E-state index < -0.39 is 17.1 Å². The van der Waals surface area contributed by atoms with Crippen molar-refractivity contribution in [3.05, 3.63) is 62.1 Å². The highest BCUT2D eigenvalue weighted by atomic mass is 127. The monoisotopic (exact) mass is 481 g/mol. The number of ether oxygens (including phenoxy) is 2. The summed E-state index contributed by atoms with van der Waals surface area (Å²) in [6.45, 7) is 0. The van der Waals surface area contributed by atoms with Crippen molar-refractivity contribution in [3.63, 3.8) is 0 Å². The number of benzene rings is 2. The highest BCUT2D eigenvalue weighted by molar-refractivity contribution is 14.1. The number of halogens is 1. The van der Waals surface area contributed by atoms with Crippen LogP contribution in [0.1, 0.15) is 15.9 Å². The quantitative estimate of drug-likeness (QED) is 0.310. The first-order valence-electron chi connectivity index (χ1n) is 7.37. The topological polar surface area (TPSA) is 81.7 Å². The molecule has 26 heavy (non-hydrogen) atoms. The van der Waals surface area contributed by atoms with Crippen molar-refractivity contribution in [3.8, 4) is 11.5 Å². The van der Waals surface area contributed by atoms with Crippen LogP contribution < -0.4 is 14.8 Å². The second kappa shape index (κ2) is 7.92. The Morgan fingerprint density at radius 3 is 2.58 bits per heavy atom. The molecule has 2 aromatic rings. The molecule has 8 heteroatoms. The van der Waals surface area contributed by atoms with Crippen LogP contribution in [0, 0.1) is 3.57 Å². The van der Waals surface area contributed by atoms with Gasteiger partial charge in [-0.1, -0.05) is 18.2 Å². The molecular weight excluding hydrogens is 469 g/mol. The number of carbonyl (C=O) groups excluding carboxylic acids is 3. The normalized spacial score (nSPS) is 15.1. The van der Waals surface area contributed by atoms with Gasteiger partial charge in [0.05, 0.1) is 17.6 Å². The maximum atomic E-state index is 12.4. The number of esters is 1. The molecule has 1 saturated heterocycles. The first-order valence-corrected chi connectivity index (χ1v) is 9.27. The molecular formula is C18H12INO5S. The SMILES string of the molecule is COc1cc(/C=C2\SC(=O)NC2=O)ccc1OC(=O)c1ccccc1I. The molecule has 6 nitrogen and oxygen atoms in total. The predicted molar refractivity (Wildman–Crippen MR) is 106 cm³/mol. The zero-order valence-electron chi connectivity index (χ0n) is 13.4. The lowest BCUT2D eigenvalue weighted by Crippen LogP contribution is -2.17. The van der Waals surface area contributed by atoms with Gasteiger partial charge in [-0.05, 0) is 70.3 Å². The Balaban J connectivity index is 1.85. The van der Waals surface area contributed by atoms with Crippen LogP contribution in [0.5, 0.6) is 11.5 Å². The van der Waals surface area contributed by atoms with Crippen molar-refractivity contribution in [1.29, 1.82) is 0 Å². The zero-order valence-corrected chi connectivity index (χ0v) is 16.4. The van der Waals surface area contributed by atoms with E-state index in [9.17, 15) is 14.4 Å². The van der Waals surface area contributed by atoms with E-state index in [1.807, 2.05) is 12.1 Å². The van der Waals surface area contributed by atoms with Crippen molar-refractivity contribution in [2.24, 2.45) is 0 Å². The number of hydrogen-bond donors (Lipinski definition) is 1. The predicted octanol–water partition coefficient (Wildman–Crippen LogP) is 3.84. The fourth-order valence-electron chi connectivity index (χ4n) is 2.21. The molecule has 3 rings (SSSR count). The highest BCUT2D eigenvalue weighted by Crippen LogP contribution is 2.32.